The maximum Gasteiger partial charge on any atom is 0.318 e. The van der Waals surface area contributed by atoms with E-state index >= 15 is 0 Å². The van der Waals surface area contributed by atoms with E-state index in [1.807, 2.05) is 35.2 Å². The van der Waals surface area contributed by atoms with Gasteiger partial charge in [0.05, 0.1) is 17.9 Å². The van der Waals surface area contributed by atoms with E-state index in [-0.39, 0.29) is 22.3 Å². The van der Waals surface area contributed by atoms with E-state index in [4.69, 9.17) is 4.42 Å². The molecule has 0 aliphatic carbocycles. The monoisotopic (exact) mass is 347 g/mol. The summed E-state index contributed by atoms with van der Waals surface area (Å²) < 4.78 is 29.9. The van der Waals surface area contributed by atoms with Crippen molar-refractivity contribution in [3.8, 4) is 0 Å². The number of sulfone groups is 1. The molecule has 6 nitrogen and oxygen atoms in total. The summed E-state index contributed by atoms with van der Waals surface area (Å²) >= 11 is 0. The molecule has 0 spiro atoms. The van der Waals surface area contributed by atoms with Gasteiger partial charge in [-0.2, -0.15) is 0 Å². The van der Waals surface area contributed by atoms with Gasteiger partial charge in [-0.1, -0.05) is 49.3 Å². The number of rotatable bonds is 3. The van der Waals surface area contributed by atoms with Gasteiger partial charge in [-0.15, -0.1) is 5.10 Å². The lowest BCUT2D eigenvalue weighted by Crippen LogP contribution is -2.34. The molecule has 0 amide bonds. The van der Waals surface area contributed by atoms with E-state index in [0.29, 0.717) is 31.4 Å². The van der Waals surface area contributed by atoms with E-state index < -0.39 is 9.84 Å². The zero-order chi connectivity index (χ0) is 17.0. The molecule has 0 radical (unpaired) electrons. The third kappa shape index (κ3) is 2.51. The van der Waals surface area contributed by atoms with Gasteiger partial charge in [-0.25, -0.2) is 8.42 Å². The highest BCUT2D eigenvalue weighted by Gasteiger charge is 2.61. The molecule has 24 heavy (non-hydrogen) atoms. The van der Waals surface area contributed by atoms with Crippen molar-refractivity contribution < 1.29 is 12.8 Å². The first-order valence-electron chi connectivity index (χ1n) is 8.10. The minimum Gasteiger partial charge on any atom is -0.408 e. The van der Waals surface area contributed by atoms with Crippen molar-refractivity contribution in [3.05, 3.63) is 41.8 Å². The summed E-state index contributed by atoms with van der Waals surface area (Å²) in [5.41, 5.74) is 0.593. The minimum atomic E-state index is -2.96. The fourth-order valence-electron chi connectivity index (χ4n) is 4.09. The molecule has 2 saturated heterocycles. The van der Waals surface area contributed by atoms with Gasteiger partial charge < -0.3 is 9.32 Å². The summed E-state index contributed by atoms with van der Waals surface area (Å²) in [7, 11) is -2.96. The second-order valence-corrected chi connectivity index (χ2v) is 9.71. The molecule has 4 rings (SSSR count). The lowest BCUT2D eigenvalue weighted by molar-refractivity contribution is 0.212. The van der Waals surface area contributed by atoms with Crippen LogP contribution in [0, 0.1) is 10.8 Å². The average molecular weight is 347 g/mol. The predicted octanol–water partition coefficient (Wildman–Crippen LogP) is 1.92. The number of hydrogen-bond acceptors (Lipinski definition) is 6. The Morgan fingerprint density at radius 1 is 1.08 bits per heavy atom. The SMILES string of the molecule is C[C@@]12CN(c3nnc(Cc4ccccc4)o3)C[C@]1(C)CS(=O)(=O)C2. The molecule has 2 atom stereocenters. The molecule has 7 heteroatoms. The van der Waals surface area contributed by atoms with Gasteiger partial charge in [0.1, 0.15) is 0 Å². The second kappa shape index (κ2) is 5.05. The topological polar surface area (TPSA) is 76.3 Å². The van der Waals surface area contributed by atoms with Crippen molar-refractivity contribution in [2.45, 2.75) is 20.3 Å². The molecule has 0 unspecified atom stereocenters. The molecule has 0 bridgehead atoms. The summed E-state index contributed by atoms with van der Waals surface area (Å²) in [6.07, 6.45) is 0.602. The first-order valence-corrected chi connectivity index (χ1v) is 9.93. The highest BCUT2D eigenvalue weighted by Crippen LogP contribution is 2.53. The van der Waals surface area contributed by atoms with Crippen LogP contribution in [0.5, 0.6) is 0 Å². The molecule has 0 saturated carbocycles. The van der Waals surface area contributed by atoms with Crippen molar-refractivity contribution in [2.75, 3.05) is 29.5 Å². The van der Waals surface area contributed by atoms with Crippen LogP contribution >= 0.6 is 0 Å². The van der Waals surface area contributed by atoms with Crippen molar-refractivity contribution in [1.82, 2.24) is 10.2 Å². The van der Waals surface area contributed by atoms with Crippen LogP contribution in [0.15, 0.2) is 34.7 Å². The summed E-state index contributed by atoms with van der Waals surface area (Å²) in [5.74, 6) is 1.05. The maximum absolute atomic E-state index is 12.0. The first kappa shape index (κ1) is 15.6. The van der Waals surface area contributed by atoms with E-state index in [1.165, 1.54) is 0 Å². The lowest BCUT2D eigenvalue weighted by Gasteiger charge is -2.29. The van der Waals surface area contributed by atoms with Crippen LogP contribution in [-0.4, -0.2) is 43.2 Å². The van der Waals surface area contributed by atoms with Gasteiger partial charge in [0, 0.05) is 23.9 Å². The van der Waals surface area contributed by atoms with Crippen LogP contribution in [-0.2, 0) is 16.3 Å². The molecule has 2 aliphatic rings. The number of nitrogens with zero attached hydrogens (tertiary/aromatic N) is 3. The average Bonchev–Trinajstić information content (AvgIpc) is 3.07. The molecule has 1 aromatic heterocycles. The quantitative estimate of drug-likeness (QED) is 0.844. The zero-order valence-electron chi connectivity index (χ0n) is 13.9. The minimum absolute atomic E-state index is 0.234. The fourth-order valence-corrected chi connectivity index (χ4v) is 7.01. The van der Waals surface area contributed by atoms with Crippen molar-refractivity contribution >= 4 is 15.9 Å². The summed E-state index contributed by atoms with van der Waals surface area (Å²) in [4.78, 5) is 2.04. The van der Waals surface area contributed by atoms with Gasteiger partial charge in [-0.3, -0.25) is 0 Å². The molecule has 3 heterocycles. The zero-order valence-corrected chi connectivity index (χ0v) is 14.7. The van der Waals surface area contributed by atoms with Crippen LogP contribution in [0.4, 0.5) is 6.01 Å². The Morgan fingerprint density at radius 3 is 2.33 bits per heavy atom. The standard InChI is InChI=1S/C17H21N3O3S/c1-16-9-20(10-17(16,2)12-24(21,22)11-16)15-19-18-14(23-15)8-13-6-4-3-5-7-13/h3-7H,8-12H2,1-2H3/t16-,17+. The third-order valence-electron chi connectivity index (χ3n) is 5.54. The van der Waals surface area contributed by atoms with Crippen LogP contribution in [0.2, 0.25) is 0 Å². The molecule has 2 fully saturated rings. The number of benzene rings is 1. The van der Waals surface area contributed by atoms with E-state index in [9.17, 15) is 8.42 Å². The first-order chi connectivity index (χ1) is 11.3. The number of fused-ring (bicyclic) bond motifs is 1. The van der Waals surface area contributed by atoms with E-state index in [1.54, 1.807) is 0 Å². The summed E-state index contributed by atoms with van der Waals surface area (Å²) in [6.45, 7) is 5.38. The Hall–Kier alpha value is -1.89. The van der Waals surface area contributed by atoms with Crippen molar-refractivity contribution in [2.24, 2.45) is 10.8 Å². The van der Waals surface area contributed by atoms with Gasteiger partial charge >= 0.3 is 6.01 Å². The molecular formula is C17H21N3O3S. The Labute approximate surface area is 141 Å². The van der Waals surface area contributed by atoms with Gasteiger partial charge in [0.15, 0.2) is 9.84 Å². The van der Waals surface area contributed by atoms with Gasteiger partial charge in [0.2, 0.25) is 5.89 Å². The Bertz CT molecular complexity index is 838. The molecule has 2 aliphatic heterocycles. The highest BCUT2D eigenvalue weighted by molar-refractivity contribution is 7.91. The fraction of sp³-hybridized carbons (Fsp3) is 0.529. The van der Waals surface area contributed by atoms with Crippen LogP contribution in [0.25, 0.3) is 0 Å². The van der Waals surface area contributed by atoms with E-state index in [2.05, 4.69) is 24.0 Å². The molecule has 1 aromatic carbocycles. The second-order valence-electron chi connectivity index (χ2n) is 7.65. The predicted molar refractivity (Wildman–Crippen MR) is 90.6 cm³/mol. The van der Waals surface area contributed by atoms with Crippen LogP contribution in [0.3, 0.4) is 0 Å². The molecule has 0 N–H and O–H groups in total. The largest absolute Gasteiger partial charge is 0.408 e. The smallest absolute Gasteiger partial charge is 0.318 e. The van der Waals surface area contributed by atoms with Crippen molar-refractivity contribution in [3.63, 3.8) is 0 Å². The normalized spacial score (nSPS) is 31.3. The summed E-state index contributed by atoms with van der Waals surface area (Å²) in [6, 6.07) is 10.5. The summed E-state index contributed by atoms with van der Waals surface area (Å²) in [5, 5.41) is 8.33. The van der Waals surface area contributed by atoms with Crippen molar-refractivity contribution in [1.29, 1.82) is 0 Å². The van der Waals surface area contributed by atoms with Crippen LogP contribution in [0.1, 0.15) is 25.3 Å². The third-order valence-corrected chi connectivity index (χ3v) is 7.69. The van der Waals surface area contributed by atoms with Gasteiger partial charge in [0.25, 0.3) is 0 Å². The number of aromatic nitrogens is 2. The maximum atomic E-state index is 12.0. The highest BCUT2D eigenvalue weighted by atomic mass is 32.2. The van der Waals surface area contributed by atoms with E-state index in [0.717, 1.165) is 5.56 Å². The van der Waals surface area contributed by atoms with Gasteiger partial charge in [-0.05, 0) is 5.56 Å². The molecule has 2 aromatic rings. The number of anilines is 1. The Balaban J connectivity index is 1.53. The molecular weight excluding hydrogens is 326 g/mol. The molecule has 128 valence electrons. The van der Waals surface area contributed by atoms with Crippen LogP contribution < -0.4 is 4.90 Å². The Kier molecular flexibility index (Phi) is 3.29. The Morgan fingerprint density at radius 2 is 1.71 bits per heavy atom. The lowest BCUT2D eigenvalue weighted by atomic mass is 9.71. The number of hydrogen-bond donors (Lipinski definition) is 0.